The van der Waals surface area contributed by atoms with Crippen molar-refractivity contribution in [3.63, 3.8) is 0 Å². The van der Waals surface area contributed by atoms with Gasteiger partial charge in [0.25, 0.3) is 0 Å². The Bertz CT molecular complexity index is 410. The molecule has 0 aliphatic heterocycles. The zero-order valence-electron chi connectivity index (χ0n) is 10.3. The molecule has 1 aliphatic rings. The summed E-state index contributed by atoms with van der Waals surface area (Å²) < 4.78 is 1.84. The average Bonchev–Trinajstić information content (AvgIpc) is 3.02. The second-order valence-electron chi connectivity index (χ2n) is 5.00. The molecular weight excluding hydrogens is 218 g/mol. The molecule has 0 radical (unpaired) electrons. The molecule has 5 heteroatoms. The minimum Gasteiger partial charge on any atom is -0.395 e. The highest BCUT2D eigenvalue weighted by Crippen LogP contribution is 2.45. The zero-order valence-corrected chi connectivity index (χ0v) is 10.3. The molecule has 1 aromatic heterocycles. The number of aliphatic hydroxyl groups excluding tert-OH is 1. The van der Waals surface area contributed by atoms with Gasteiger partial charge < -0.3 is 10.4 Å². The van der Waals surface area contributed by atoms with Crippen LogP contribution in [-0.2, 0) is 4.79 Å². The van der Waals surface area contributed by atoms with Gasteiger partial charge in [0.2, 0.25) is 5.91 Å². The van der Waals surface area contributed by atoms with Crippen LogP contribution in [0.4, 0.5) is 0 Å². The van der Waals surface area contributed by atoms with Gasteiger partial charge in [-0.15, -0.1) is 0 Å². The highest BCUT2D eigenvalue weighted by molar-refractivity contribution is 5.85. The second kappa shape index (κ2) is 4.49. The molecule has 0 bridgehead atoms. The van der Waals surface area contributed by atoms with Gasteiger partial charge >= 0.3 is 0 Å². The third kappa shape index (κ3) is 2.49. The summed E-state index contributed by atoms with van der Waals surface area (Å²) in [6.45, 7) is 4.49. The predicted octanol–water partition coefficient (Wildman–Crippen LogP) is 0.641. The van der Waals surface area contributed by atoms with E-state index in [1.54, 1.807) is 6.20 Å². The highest BCUT2D eigenvalue weighted by atomic mass is 16.3. The molecule has 1 heterocycles. The molecule has 1 atom stereocenters. The van der Waals surface area contributed by atoms with Crippen molar-refractivity contribution in [2.45, 2.75) is 32.7 Å². The maximum absolute atomic E-state index is 11.8. The quantitative estimate of drug-likeness (QED) is 0.789. The Hall–Kier alpha value is -1.36. The van der Waals surface area contributed by atoms with E-state index in [0.29, 0.717) is 6.54 Å². The Kier molecular flexibility index (Phi) is 3.19. The number of aromatic nitrogens is 2. The number of aliphatic hydroxyl groups is 1. The smallest absolute Gasteiger partial charge is 0.228 e. The van der Waals surface area contributed by atoms with Crippen LogP contribution in [0.3, 0.4) is 0 Å². The third-order valence-electron chi connectivity index (χ3n) is 3.38. The Balaban J connectivity index is 1.84. The summed E-state index contributed by atoms with van der Waals surface area (Å²) >= 11 is 0. The Morgan fingerprint density at radius 3 is 2.88 bits per heavy atom. The van der Waals surface area contributed by atoms with E-state index in [-0.39, 0.29) is 18.6 Å². The van der Waals surface area contributed by atoms with Gasteiger partial charge in [0.15, 0.2) is 0 Å². The number of rotatable bonds is 5. The van der Waals surface area contributed by atoms with Crippen LogP contribution in [0, 0.1) is 12.3 Å². The number of carbonyl (C=O) groups is 1. The maximum atomic E-state index is 11.8. The number of aryl methyl sites for hydroxylation is 1. The Labute approximate surface area is 101 Å². The number of nitrogens with one attached hydrogen (secondary N) is 1. The number of amides is 1. The fourth-order valence-electron chi connectivity index (χ4n) is 1.80. The summed E-state index contributed by atoms with van der Waals surface area (Å²) in [4.78, 5) is 11.8. The molecule has 5 nitrogen and oxygen atoms in total. The molecule has 1 unspecified atom stereocenters. The third-order valence-corrected chi connectivity index (χ3v) is 3.38. The van der Waals surface area contributed by atoms with Gasteiger partial charge in [-0.3, -0.25) is 9.48 Å². The summed E-state index contributed by atoms with van der Waals surface area (Å²) in [6, 6.07) is 0.127. The monoisotopic (exact) mass is 237 g/mol. The van der Waals surface area contributed by atoms with Crippen LogP contribution in [0.1, 0.15) is 31.4 Å². The van der Waals surface area contributed by atoms with Gasteiger partial charge in [0, 0.05) is 12.7 Å². The van der Waals surface area contributed by atoms with Crippen molar-refractivity contribution in [3.8, 4) is 0 Å². The van der Waals surface area contributed by atoms with Gasteiger partial charge in [-0.05, 0) is 32.3 Å². The van der Waals surface area contributed by atoms with Crippen LogP contribution in [0.2, 0.25) is 0 Å². The van der Waals surface area contributed by atoms with E-state index >= 15 is 0 Å². The van der Waals surface area contributed by atoms with E-state index < -0.39 is 5.41 Å². The zero-order chi connectivity index (χ0) is 12.5. The molecule has 2 rings (SSSR count). The van der Waals surface area contributed by atoms with E-state index in [1.807, 2.05) is 24.7 Å². The fourth-order valence-corrected chi connectivity index (χ4v) is 1.80. The molecule has 0 spiro atoms. The van der Waals surface area contributed by atoms with E-state index in [1.165, 1.54) is 0 Å². The molecule has 1 amide bonds. The molecule has 17 heavy (non-hydrogen) atoms. The fraction of sp³-hybridized carbons (Fsp3) is 0.667. The van der Waals surface area contributed by atoms with Crippen molar-refractivity contribution in [1.29, 1.82) is 0 Å². The van der Waals surface area contributed by atoms with Crippen molar-refractivity contribution in [1.82, 2.24) is 15.1 Å². The minimum absolute atomic E-state index is 0.0317. The largest absolute Gasteiger partial charge is 0.395 e. The summed E-state index contributed by atoms with van der Waals surface area (Å²) in [6.07, 6.45) is 5.35. The number of hydrogen-bond acceptors (Lipinski definition) is 3. The molecule has 0 saturated heterocycles. The van der Waals surface area contributed by atoms with Gasteiger partial charge in [-0.25, -0.2) is 0 Å². The van der Waals surface area contributed by atoms with Crippen LogP contribution < -0.4 is 5.32 Å². The minimum atomic E-state index is -0.486. The van der Waals surface area contributed by atoms with Crippen LogP contribution >= 0.6 is 0 Å². The maximum Gasteiger partial charge on any atom is 0.228 e. The van der Waals surface area contributed by atoms with E-state index in [0.717, 1.165) is 18.4 Å². The standard InChI is InChI=1S/C12H19N3O2/c1-9-5-14-15(7-9)10(2)6-13-11(17)12(8-16)3-4-12/h5,7,10,16H,3-4,6,8H2,1-2H3,(H,13,17). The number of carbonyl (C=O) groups excluding carboxylic acids is 1. The Morgan fingerprint density at radius 1 is 1.71 bits per heavy atom. The summed E-state index contributed by atoms with van der Waals surface area (Å²) in [5.41, 5.74) is 0.622. The molecule has 1 saturated carbocycles. The van der Waals surface area contributed by atoms with E-state index in [9.17, 15) is 4.79 Å². The molecule has 1 aliphatic carbocycles. The second-order valence-corrected chi connectivity index (χ2v) is 5.00. The van der Waals surface area contributed by atoms with E-state index in [4.69, 9.17) is 5.11 Å². The highest BCUT2D eigenvalue weighted by Gasteiger charge is 2.49. The average molecular weight is 237 g/mol. The lowest BCUT2D eigenvalue weighted by molar-refractivity contribution is -0.127. The van der Waals surface area contributed by atoms with Crippen molar-refractivity contribution < 1.29 is 9.90 Å². The molecule has 1 aromatic rings. The van der Waals surface area contributed by atoms with Crippen molar-refractivity contribution in [2.75, 3.05) is 13.2 Å². The van der Waals surface area contributed by atoms with Crippen molar-refractivity contribution in [2.24, 2.45) is 5.41 Å². The molecule has 0 aromatic carbocycles. The van der Waals surface area contributed by atoms with Crippen LogP contribution in [-0.4, -0.2) is 33.9 Å². The SMILES string of the molecule is Cc1cnn(C(C)CNC(=O)C2(CO)CC2)c1. The predicted molar refractivity (Wildman–Crippen MR) is 63.4 cm³/mol. The number of nitrogens with zero attached hydrogens (tertiary/aromatic N) is 2. The topological polar surface area (TPSA) is 67.2 Å². The van der Waals surface area contributed by atoms with Crippen LogP contribution in [0.15, 0.2) is 12.4 Å². The normalized spacial score (nSPS) is 18.8. The van der Waals surface area contributed by atoms with Gasteiger partial charge in [0.05, 0.1) is 24.3 Å². The van der Waals surface area contributed by atoms with Gasteiger partial charge in [-0.1, -0.05) is 0 Å². The van der Waals surface area contributed by atoms with Crippen LogP contribution in [0.25, 0.3) is 0 Å². The molecule has 2 N–H and O–H groups in total. The molecule has 94 valence electrons. The summed E-state index contributed by atoms with van der Waals surface area (Å²) in [5, 5.41) is 16.2. The lowest BCUT2D eigenvalue weighted by atomic mass is 10.1. The first-order chi connectivity index (χ1) is 8.07. The van der Waals surface area contributed by atoms with Crippen molar-refractivity contribution in [3.05, 3.63) is 18.0 Å². The summed E-state index contributed by atoms with van der Waals surface area (Å²) in [7, 11) is 0. The van der Waals surface area contributed by atoms with Crippen LogP contribution in [0.5, 0.6) is 0 Å². The van der Waals surface area contributed by atoms with Crippen molar-refractivity contribution >= 4 is 5.91 Å². The molecule has 1 fully saturated rings. The molecular formula is C12H19N3O2. The lowest BCUT2D eigenvalue weighted by Crippen LogP contribution is -2.37. The van der Waals surface area contributed by atoms with E-state index in [2.05, 4.69) is 10.4 Å². The number of hydrogen-bond donors (Lipinski definition) is 2. The first kappa shape index (κ1) is 12.1. The Morgan fingerprint density at radius 2 is 2.41 bits per heavy atom. The first-order valence-electron chi connectivity index (χ1n) is 5.97. The lowest BCUT2D eigenvalue weighted by Gasteiger charge is -2.16. The summed E-state index contributed by atoms with van der Waals surface area (Å²) in [5.74, 6) is -0.0317. The van der Waals surface area contributed by atoms with Gasteiger partial charge in [-0.2, -0.15) is 5.10 Å². The first-order valence-corrected chi connectivity index (χ1v) is 5.97. The van der Waals surface area contributed by atoms with Gasteiger partial charge in [0.1, 0.15) is 0 Å².